The van der Waals surface area contributed by atoms with Crippen LogP contribution in [-0.4, -0.2) is 22.3 Å². The summed E-state index contributed by atoms with van der Waals surface area (Å²) in [5.41, 5.74) is 0.571. The molecule has 2 aromatic rings. The number of hydrogen-bond acceptors (Lipinski definition) is 4. The highest BCUT2D eigenvalue weighted by atomic mass is 32.1. The zero-order chi connectivity index (χ0) is 14.4. The number of benzene rings is 1. The van der Waals surface area contributed by atoms with Crippen molar-refractivity contribution in [2.24, 2.45) is 4.99 Å². The fourth-order valence-corrected chi connectivity index (χ4v) is 2.48. The zero-order valence-corrected chi connectivity index (χ0v) is 12.4. The highest BCUT2D eigenvalue weighted by Gasteiger charge is 2.08. The number of carbonyl (C=O) groups is 1. The van der Waals surface area contributed by atoms with Gasteiger partial charge in [-0.1, -0.05) is 25.1 Å². The molecule has 1 heterocycles. The van der Waals surface area contributed by atoms with Crippen LogP contribution in [0.1, 0.15) is 30.6 Å². The predicted octanol–water partition coefficient (Wildman–Crippen LogP) is 2.49. The van der Waals surface area contributed by atoms with Gasteiger partial charge in [0.1, 0.15) is 0 Å². The molecule has 0 fully saturated rings. The Morgan fingerprint density at radius 2 is 2.10 bits per heavy atom. The molecular formula is C14H17N3O2S. The Balaban J connectivity index is 2.34. The molecule has 106 valence electrons. The average Bonchev–Trinajstić information content (AvgIpc) is 2.82. The number of aromatic nitrogens is 2. The van der Waals surface area contributed by atoms with E-state index in [9.17, 15) is 4.79 Å². The van der Waals surface area contributed by atoms with Gasteiger partial charge in [-0.2, -0.15) is 4.99 Å². The predicted molar refractivity (Wildman–Crippen MR) is 77.9 cm³/mol. The summed E-state index contributed by atoms with van der Waals surface area (Å²) >= 11 is 1.29. The van der Waals surface area contributed by atoms with E-state index in [2.05, 4.69) is 17.0 Å². The first-order valence-corrected chi connectivity index (χ1v) is 7.41. The Morgan fingerprint density at radius 1 is 1.35 bits per heavy atom. The van der Waals surface area contributed by atoms with Gasteiger partial charge in [-0.05, 0) is 36.8 Å². The number of carbonyl (C=O) groups excluding carboxylic acids is 1. The molecule has 0 saturated carbocycles. The molecule has 0 bridgehead atoms. The van der Waals surface area contributed by atoms with Crippen molar-refractivity contribution in [1.82, 2.24) is 9.78 Å². The molecule has 2 rings (SSSR count). The van der Waals surface area contributed by atoms with Gasteiger partial charge >= 0.3 is 0 Å². The van der Waals surface area contributed by atoms with Gasteiger partial charge in [0.2, 0.25) is 4.80 Å². The number of rotatable bonds is 5. The van der Waals surface area contributed by atoms with Crippen molar-refractivity contribution in [2.75, 3.05) is 6.61 Å². The Bertz CT molecular complexity index is 631. The summed E-state index contributed by atoms with van der Waals surface area (Å²) in [5.74, 6) is -0.262. The molecule has 5 nitrogen and oxygen atoms in total. The molecule has 0 saturated heterocycles. The molecule has 1 aromatic heterocycles. The molecule has 1 amide bonds. The number of amides is 1. The van der Waals surface area contributed by atoms with E-state index < -0.39 is 0 Å². The summed E-state index contributed by atoms with van der Waals surface area (Å²) in [7, 11) is 0. The van der Waals surface area contributed by atoms with Gasteiger partial charge in [0.25, 0.3) is 11.1 Å². The van der Waals surface area contributed by atoms with Gasteiger partial charge in [0.15, 0.2) is 0 Å². The lowest BCUT2D eigenvalue weighted by Gasteiger charge is -1.97. The molecule has 0 aliphatic rings. The Labute approximate surface area is 121 Å². The summed E-state index contributed by atoms with van der Waals surface area (Å²) in [5, 5.41) is 4.85. The SMILES string of the molecule is CCCn1nc(OCC)sc1=NC(=O)c1ccccc1. The quantitative estimate of drug-likeness (QED) is 0.850. The lowest BCUT2D eigenvalue weighted by molar-refractivity contribution is 0.0997. The summed E-state index contributed by atoms with van der Waals surface area (Å²) in [6.45, 7) is 5.21. The fraction of sp³-hybridized carbons (Fsp3) is 0.357. The maximum atomic E-state index is 12.1. The normalized spacial score (nSPS) is 11.6. The van der Waals surface area contributed by atoms with Crippen molar-refractivity contribution < 1.29 is 9.53 Å². The van der Waals surface area contributed by atoms with E-state index in [4.69, 9.17) is 4.74 Å². The monoisotopic (exact) mass is 291 g/mol. The molecule has 20 heavy (non-hydrogen) atoms. The van der Waals surface area contributed by atoms with E-state index in [1.165, 1.54) is 11.3 Å². The van der Waals surface area contributed by atoms with E-state index in [-0.39, 0.29) is 5.91 Å². The zero-order valence-electron chi connectivity index (χ0n) is 11.6. The van der Waals surface area contributed by atoms with Crippen LogP contribution >= 0.6 is 11.3 Å². The second kappa shape index (κ2) is 7.00. The minimum absolute atomic E-state index is 0.262. The van der Waals surface area contributed by atoms with E-state index in [1.54, 1.807) is 16.8 Å². The van der Waals surface area contributed by atoms with Gasteiger partial charge in [-0.3, -0.25) is 4.79 Å². The van der Waals surface area contributed by atoms with Crippen LogP contribution in [0, 0.1) is 0 Å². The van der Waals surface area contributed by atoms with E-state index in [0.29, 0.717) is 28.7 Å². The Hall–Kier alpha value is -1.95. The molecule has 0 radical (unpaired) electrons. The topological polar surface area (TPSA) is 56.5 Å². The van der Waals surface area contributed by atoms with Crippen molar-refractivity contribution in [3.8, 4) is 5.19 Å². The minimum Gasteiger partial charge on any atom is -0.469 e. The molecule has 1 aromatic carbocycles. The molecule has 0 N–H and O–H groups in total. The second-order valence-electron chi connectivity index (χ2n) is 4.09. The van der Waals surface area contributed by atoms with Crippen LogP contribution in [-0.2, 0) is 6.54 Å². The number of ether oxygens (including phenoxy) is 1. The lowest BCUT2D eigenvalue weighted by atomic mass is 10.2. The van der Waals surface area contributed by atoms with Crippen molar-refractivity contribution >= 4 is 17.2 Å². The maximum Gasteiger partial charge on any atom is 0.293 e. The van der Waals surface area contributed by atoms with Gasteiger partial charge in [-0.15, -0.1) is 5.10 Å². The van der Waals surface area contributed by atoms with Crippen LogP contribution in [0.4, 0.5) is 0 Å². The maximum absolute atomic E-state index is 12.1. The standard InChI is InChI=1S/C14H17N3O2S/c1-3-10-17-13(20-14(16-17)19-4-2)15-12(18)11-8-6-5-7-9-11/h5-9H,3-4,10H2,1-2H3. The third kappa shape index (κ3) is 3.54. The van der Waals surface area contributed by atoms with Crippen LogP contribution in [0.2, 0.25) is 0 Å². The molecule has 0 spiro atoms. The van der Waals surface area contributed by atoms with Crippen molar-refractivity contribution in [3.05, 3.63) is 40.7 Å². The summed E-state index contributed by atoms with van der Waals surface area (Å²) in [6, 6.07) is 9.01. The Kier molecular flexibility index (Phi) is 5.06. The first-order valence-electron chi connectivity index (χ1n) is 6.59. The molecule has 0 aliphatic carbocycles. The molecule has 6 heteroatoms. The van der Waals surface area contributed by atoms with Crippen LogP contribution in [0.5, 0.6) is 5.19 Å². The third-order valence-electron chi connectivity index (χ3n) is 2.52. The van der Waals surface area contributed by atoms with Crippen LogP contribution < -0.4 is 9.54 Å². The van der Waals surface area contributed by atoms with Gasteiger partial charge in [0.05, 0.1) is 6.61 Å². The van der Waals surface area contributed by atoms with E-state index >= 15 is 0 Å². The van der Waals surface area contributed by atoms with E-state index in [1.807, 2.05) is 25.1 Å². The first kappa shape index (κ1) is 14.5. The number of nitrogens with zero attached hydrogens (tertiary/aromatic N) is 3. The fourth-order valence-electron chi connectivity index (χ4n) is 1.64. The lowest BCUT2D eigenvalue weighted by Crippen LogP contribution is -2.18. The van der Waals surface area contributed by atoms with Gasteiger partial charge < -0.3 is 4.74 Å². The van der Waals surface area contributed by atoms with Gasteiger partial charge in [-0.25, -0.2) is 4.68 Å². The van der Waals surface area contributed by atoms with Crippen LogP contribution in [0.3, 0.4) is 0 Å². The number of aryl methyl sites for hydroxylation is 1. The second-order valence-corrected chi connectivity index (χ2v) is 5.01. The molecule has 0 aliphatic heterocycles. The molecule has 0 unspecified atom stereocenters. The van der Waals surface area contributed by atoms with Crippen LogP contribution in [0.25, 0.3) is 0 Å². The smallest absolute Gasteiger partial charge is 0.293 e. The highest BCUT2D eigenvalue weighted by Crippen LogP contribution is 2.10. The largest absolute Gasteiger partial charge is 0.469 e. The highest BCUT2D eigenvalue weighted by molar-refractivity contribution is 7.10. The third-order valence-corrected chi connectivity index (χ3v) is 3.38. The first-order chi connectivity index (χ1) is 9.74. The van der Waals surface area contributed by atoms with Crippen LogP contribution in [0.15, 0.2) is 35.3 Å². The summed E-state index contributed by atoms with van der Waals surface area (Å²) in [6.07, 6.45) is 0.919. The molecule has 0 atom stereocenters. The molecular weight excluding hydrogens is 274 g/mol. The number of hydrogen-bond donors (Lipinski definition) is 0. The van der Waals surface area contributed by atoms with E-state index in [0.717, 1.165) is 6.42 Å². The minimum atomic E-state index is -0.262. The summed E-state index contributed by atoms with van der Waals surface area (Å²) in [4.78, 5) is 16.8. The Morgan fingerprint density at radius 3 is 2.75 bits per heavy atom. The average molecular weight is 291 g/mol. The van der Waals surface area contributed by atoms with Crippen molar-refractivity contribution in [3.63, 3.8) is 0 Å². The van der Waals surface area contributed by atoms with Gasteiger partial charge in [0, 0.05) is 12.1 Å². The van der Waals surface area contributed by atoms with Crippen molar-refractivity contribution in [2.45, 2.75) is 26.8 Å². The summed E-state index contributed by atoms with van der Waals surface area (Å²) < 4.78 is 7.09. The van der Waals surface area contributed by atoms with Crippen molar-refractivity contribution in [1.29, 1.82) is 0 Å².